The summed E-state index contributed by atoms with van der Waals surface area (Å²) in [6.07, 6.45) is 4.69. The largest absolute Gasteiger partial charge is 0.763 e. The van der Waals surface area contributed by atoms with Gasteiger partial charge < -0.3 is 5.41 Å². The zero-order valence-corrected chi connectivity index (χ0v) is 8.33. The Bertz CT molecular complexity index is 559. The van der Waals surface area contributed by atoms with Crippen molar-refractivity contribution in [2.45, 2.75) is 0 Å². The molecule has 0 N–H and O–H groups in total. The van der Waals surface area contributed by atoms with Gasteiger partial charge in [0, 0.05) is 0 Å². The molecular weight excluding hydrogens is 188 g/mol. The van der Waals surface area contributed by atoms with Crippen molar-refractivity contribution in [1.29, 1.82) is 0 Å². The summed E-state index contributed by atoms with van der Waals surface area (Å²) in [5, 5.41) is 12.5. The summed E-state index contributed by atoms with van der Waals surface area (Å²) in [7, 11) is 1.96. The van der Waals surface area contributed by atoms with Crippen LogP contribution in [0.15, 0.2) is 41.8 Å². The molecule has 0 radical (unpaired) electrons. The second-order valence-electron chi connectivity index (χ2n) is 3.12. The van der Waals surface area contributed by atoms with E-state index >= 15 is 0 Å². The highest BCUT2D eigenvalue weighted by Crippen LogP contribution is 2.09. The van der Waals surface area contributed by atoms with Crippen LogP contribution in [0, 0.1) is 0 Å². The van der Waals surface area contributed by atoms with E-state index in [2.05, 4.69) is 5.10 Å². The molecule has 4 nitrogen and oxygen atoms in total. The van der Waals surface area contributed by atoms with Gasteiger partial charge in [0.1, 0.15) is 0 Å². The van der Waals surface area contributed by atoms with Gasteiger partial charge in [0.05, 0.1) is 13.3 Å². The molecule has 15 heavy (non-hydrogen) atoms. The van der Waals surface area contributed by atoms with E-state index in [-0.39, 0.29) is 0 Å². The highest BCUT2D eigenvalue weighted by molar-refractivity contribution is 5.84. The van der Waals surface area contributed by atoms with Crippen LogP contribution in [0.4, 0.5) is 0 Å². The predicted octanol–water partition coefficient (Wildman–Crippen LogP) is 1.09. The number of hydrogen-bond acceptors (Lipinski definition) is 1. The van der Waals surface area contributed by atoms with Crippen LogP contribution in [0.2, 0.25) is 0 Å². The lowest BCUT2D eigenvalue weighted by molar-refractivity contribution is -0.645. The molecule has 2 aromatic rings. The first-order chi connectivity index (χ1) is 7.33. The number of rotatable bonds is 2. The van der Waals surface area contributed by atoms with Gasteiger partial charge in [-0.2, -0.15) is 0 Å². The van der Waals surface area contributed by atoms with Crippen molar-refractivity contribution in [3.63, 3.8) is 0 Å². The Balaban J connectivity index is 2.57. The zero-order chi connectivity index (χ0) is 10.7. The number of allylic oxidation sites excluding steroid dienone is 1. The lowest BCUT2D eigenvalue weighted by atomic mass is 10.3. The molecule has 0 saturated heterocycles. The van der Waals surface area contributed by atoms with Gasteiger partial charge in [0.25, 0.3) is 6.33 Å². The maximum atomic E-state index is 8.35. The summed E-state index contributed by atoms with van der Waals surface area (Å²) < 4.78 is 3.72. The quantitative estimate of drug-likeness (QED) is 0.512. The Labute approximate surface area is 87.3 Å². The van der Waals surface area contributed by atoms with Crippen molar-refractivity contribution in [2.75, 3.05) is 0 Å². The fourth-order valence-electron chi connectivity index (χ4n) is 1.48. The molecule has 1 aromatic heterocycles. The smallest absolute Gasteiger partial charge is 0.270 e. The van der Waals surface area contributed by atoms with E-state index in [1.165, 1.54) is 12.3 Å². The Morgan fingerprint density at radius 1 is 1.47 bits per heavy atom. The molecule has 0 aliphatic carbocycles. The first-order valence-corrected chi connectivity index (χ1v) is 4.54. The van der Waals surface area contributed by atoms with Crippen LogP contribution in [0.3, 0.4) is 0 Å². The number of imidazole rings is 1. The molecule has 0 saturated carbocycles. The van der Waals surface area contributed by atoms with Crippen LogP contribution in [0.25, 0.3) is 16.4 Å². The zero-order valence-electron chi connectivity index (χ0n) is 8.33. The van der Waals surface area contributed by atoms with Gasteiger partial charge in [-0.1, -0.05) is 21.9 Å². The Kier molecular flexibility index (Phi) is 2.44. The summed E-state index contributed by atoms with van der Waals surface area (Å²) in [5.41, 5.74) is 2.12. The number of aryl methyl sites for hydroxylation is 1. The van der Waals surface area contributed by atoms with Gasteiger partial charge in [-0.05, 0) is 18.2 Å². The predicted molar refractivity (Wildman–Crippen MR) is 59.9 cm³/mol. The molecule has 2 rings (SSSR count). The van der Waals surface area contributed by atoms with E-state index in [4.69, 9.17) is 5.41 Å². The first kappa shape index (κ1) is 9.37. The molecule has 0 atom stereocenters. The lowest BCUT2D eigenvalue weighted by Gasteiger charge is -1.85. The van der Waals surface area contributed by atoms with Crippen molar-refractivity contribution in [3.05, 3.63) is 42.1 Å². The standard InChI is InChI=1S/C11H10N4/c1-14-9-15(13-8-4-7-12)11-6-3-2-5-10(11)14/h2-6,8-9H,1H3/b13-8+. The van der Waals surface area contributed by atoms with Crippen LogP contribution in [0.1, 0.15) is 0 Å². The number of aromatic nitrogens is 2. The molecular formula is C11H10N4. The van der Waals surface area contributed by atoms with Gasteiger partial charge in [-0.15, -0.1) is 0 Å². The fraction of sp³-hybridized carbons (Fsp3) is 0.0909. The molecule has 74 valence electrons. The van der Waals surface area contributed by atoms with Gasteiger partial charge in [0.2, 0.25) is 5.52 Å². The average Bonchev–Trinajstić information content (AvgIpc) is 2.58. The third-order valence-electron chi connectivity index (χ3n) is 2.13. The molecule has 1 aromatic carbocycles. The Hall–Kier alpha value is -2.19. The molecule has 0 spiro atoms. The maximum Gasteiger partial charge on any atom is 0.270 e. The van der Waals surface area contributed by atoms with E-state index < -0.39 is 0 Å². The van der Waals surface area contributed by atoms with Crippen molar-refractivity contribution in [2.24, 2.45) is 12.1 Å². The molecule has 4 heteroatoms. The molecule has 0 unspecified atom stereocenters. The number of hydrogen-bond donors (Lipinski definition) is 0. The number of benzene rings is 1. The van der Waals surface area contributed by atoms with Crippen molar-refractivity contribution >= 4 is 23.1 Å². The molecule has 0 fully saturated rings. The number of fused-ring (bicyclic) bond motifs is 1. The SMILES string of the molecule is C[n+]1cn(/N=C/C=C=[N-])c2ccccc21. The molecule has 0 aliphatic rings. The minimum absolute atomic E-state index is 1.02. The van der Waals surface area contributed by atoms with E-state index in [0.717, 1.165) is 11.0 Å². The maximum absolute atomic E-state index is 8.35. The van der Waals surface area contributed by atoms with Crippen molar-refractivity contribution in [3.8, 4) is 0 Å². The van der Waals surface area contributed by atoms with E-state index in [1.54, 1.807) is 4.68 Å². The van der Waals surface area contributed by atoms with Crippen LogP contribution >= 0.6 is 0 Å². The normalized spacial score (nSPS) is 10.7. The van der Waals surface area contributed by atoms with Crippen LogP contribution < -0.4 is 4.57 Å². The fourth-order valence-corrected chi connectivity index (χ4v) is 1.48. The third-order valence-corrected chi connectivity index (χ3v) is 2.13. The van der Waals surface area contributed by atoms with E-state index in [0.29, 0.717) is 0 Å². The van der Waals surface area contributed by atoms with Crippen LogP contribution in [0.5, 0.6) is 0 Å². The van der Waals surface area contributed by atoms with Gasteiger partial charge >= 0.3 is 0 Å². The van der Waals surface area contributed by atoms with E-state index in [1.807, 2.05) is 48.1 Å². The van der Waals surface area contributed by atoms with Crippen molar-refractivity contribution < 1.29 is 4.57 Å². The van der Waals surface area contributed by atoms with Gasteiger partial charge in [0.15, 0.2) is 5.52 Å². The summed E-state index contributed by atoms with van der Waals surface area (Å²) in [6, 6.07) is 7.95. The topological polar surface area (TPSA) is 43.5 Å². The minimum Gasteiger partial charge on any atom is -0.763 e. The molecule has 1 heterocycles. The second kappa shape index (κ2) is 3.90. The lowest BCUT2D eigenvalue weighted by Crippen LogP contribution is -2.25. The monoisotopic (exact) mass is 198 g/mol. The van der Waals surface area contributed by atoms with E-state index in [9.17, 15) is 0 Å². The van der Waals surface area contributed by atoms with Crippen LogP contribution in [-0.4, -0.2) is 16.8 Å². The van der Waals surface area contributed by atoms with Crippen molar-refractivity contribution in [1.82, 2.24) is 4.68 Å². The second-order valence-corrected chi connectivity index (χ2v) is 3.12. The number of nitrogens with zero attached hydrogens (tertiary/aromatic N) is 4. The average molecular weight is 198 g/mol. The summed E-state index contributed by atoms with van der Waals surface area (Å²) in [5.74, 6) is 1.90. The van der Waals surface area contributed by atoms with Gasteiger partial charge in [-0.25, -0.2) is 4.57 Å². The number of para-hydroxylation sites is 2. The Morgan fingerprint density at radius 2 is 2.27 bits per heavy atom. The first-order valence-electron chi connectivity index (χ1n) is 4.54. The third kappa shape index (κ3) is 1.71. The minimum atomic E-state index is 1.02. The molecule has 0 aliphatic heterocycles. The van der Waals surface area contributed by atoms with Crippen LogP contribution in [-0.2, 0) is 7.05 Å². The summed E-state index contributed by atoms with van der Waals surface area (Å²) in [4.78, 5) is 0. The summed E-state index contributed by atoms with van der Waals surface area (Å²) in [6.45, 7) is 0. The molecule has 0 amide bonds. The summed E-state index contributed by atoms with van der Waals surface area (Å²) >= 11 is 0. The highest BCUT2D eigenvalue weighted by Gasteiger charge is 2.10. The Morgan fingerprint density at radius 3 is 3.07 bits per heavy atom. The highest BCUT2D eigenvalue weighted by atomic mass is 15.4. The molecule has 0 bridgehead atoms. The van der Waals surface area contributed by atoms with Gasteiger partial charge in [-0.3, -0.25) is 5.87 Å².